The number of carbonyl (C=O) groups excluding carboxylic acids is 2. The number of hydrogen-bond donors (Lipinski definition) is 2. The van der Waals surface area contributed by atoms with Gasteiger partial charge in [0.2, 0.25) is 0 Å². The Morgan fingerprint density at radius 2 is 1.71 bits per heavy atom. The Morgan fingerprint density at radius 3 is 2.38 bits per heavy atom. The average molecular weight is 449 g/mol. The van der Waals surface area contributed by atoms with Gasteiger partial charge in [0.05, 0.1) is 5.56 Å². The van der Waals surface area contributed by atoms with E-state index in [2.05, 4.69) is 38.2 Å². The van der Waals surface area contributed by atoms with Crippen LogP contribution in [0.25, 0.3) is 0 Å². The molecule has 24 heavy (non-hydrogen) atoms. The SMILES string of the molecule is O=C(Nc1nccs1)c1ccc(NC(=O)c2ccccc2I)cc1. The van der Waals surface area contributed by atoms with E-state index in [1.54, 1.807) is 41.9 Å². The predicted octanol–water partition coefficient (Wildman–Crippen LogP) is 4.25. The highest BCUT2D eigenvalue weighted by Gasteiger charge is 2.11. The van der Waals surface area contributed by atoms with Crippen molar-refractivity contribution in [3.63, 3.8) is 0 Å². The number of thiazole rings is 1. The maximum atomic E-state index is 12.3. The van der Waals surface area contributed by atoms with Crippen LogP contribution in [0, 0.1) is 3.57 Å². The maximum Gasteiger partial charge on any atom is 0.257 e. The van der Waals surface area contributed by atoms with Crippen LogP contribution in [-0.4, -0.2) is 16.8 Å². The number of anilines is 2. The van der Waals surface area contributed by atoms with Gasteiger partial charge in [-0.2, -0.15) is 0 Å². The van der Waals surface area contributed by atoms with Crippen molar-refractivity contribution in [1.82, 2.24) is 4.98 Å². The minimum Gasteiger partial charge on any atom is -0.322 e. The topological polar surface area (TPSA) is 71.1 Å². The van der Waals surface area contributed by atoms with Crippen molar-refractivity contribution < 1.29 is 9.59 Å². The van der Waals surface area contributed by atoms with Crippen molar-refractivity contribution in [2.45, 2.75) is 0 Å². The number of hydrogen-bond acceptors (Lipinski definition) is 4. The van der Waals surface area contributed by atoms with Gasteiger partial charge in [0.15, 0.2) is 5.13 Å². The van der Waals surface area contributed by atoms with Crippen LogP contribution in [0.3, 0.4) is 0 Å². The minimum absolute atomic E-state index is 0.181. The Bertz CT molecular complexity index is 864. The number of benzene rings is 2. The number of nitrogens with zero attached hydrogens (tertiary/aromatic N) is 1. The number of carbonyl (C=O) groups is 2. The molecule has 2 aromatic carbocycles. The van der Waals surface area contributed by atoms with E-state index in [4.69, 9.17) is 0 Å². The highest BCUT2D eigenvalue weighted by molar-refractivity contribution is 14.1. The summed E-state index contributed by atoms with van der Waals surface area (Å²) in [5.41, 5.74) is 1.74. The second kappa shape index (κ2) is 7.54. The van der Waals surface area contributed by atoms with Crippen LogP contribution in [-0.2, 0) is 0 Å². The van der Waals surface area contributed by atoms with Crippen LogP contribution in [0.2, 0.25) is 0 Å². The third-order valence-electron chi connectivity index (χ3n) is 3.18. The lowest BCUT2D eigenvalue weighted by molar-refractivity contribution is 0.101. The summed E-state index contributed by atoms with van der Waals surface area (Å²) < 4.78 is 0.882. The molecule has 7 heteroatoms. The molecule has 2 amide bonds. The quantitative estimate of drug-likeness (QED) is 0.586. The van der Waals surface area contributed by atoms with Gasteiger partial charge in [-0.15, -0.1) is 11.3 Å². The lowest BCUT2D eigenvalue weighted by Gasteiger charge is -2.08. The predicted molar refractivity (Wildman–Crippen MR) is 104 cm³/mol. The molecule has 0 bridgehead atoms. The molecule has 2 N–H and O–H groups in total. The molecule has 0 saturated heterocycles. The van der Waals surface area contributed by atoms with Gasteiger partial charge in [-0.25, -0.2) is 4.98 Å². The van der Waals surface area contributed by atoms with Crippen molar-refractivity contribution >= 4 is 56.6 Å². The summed E-state index contributed by atoms with van der Waals surface area (Å²) >= 11 is 3.48. The number of halogens is 1. The van der Waals surface area contributed by atoms with E-state index < -0.39 is 0 Å². The fraction of sp³-hybridized carbons (Fsp3) is 0. The molecule has 0 atom stereocenters. The summed E-state index contributed by atoms with van der Waals surface area (Å²) in [7, 11) is 0. The molecule has 120 valence electrons. The molecule has 1 aromatic heterocycles. The first-order valence-electron chi connectivity index (χ1n) is 7.00. The fourth-order valence-corrected chi connectivity index (χ4v) is 3.16. The van der Waals surface area contributed by atoms with Gasteiger partial charge >= 0.3 is 0 Å². The van der Waals surface area contributed by atoms with E-state index in [0.717, 1.165) is 3.57 Å². The Kier molecular flexibility index (Phi) is 5.21. The third kappa shape index (κ3) is 3.98. The van der Waals surface area contributed by atoms with Gasteiger partial charge in [-0.1, -0.05) is 12.1 Å². The molecule has 0 aliphatic heterocycles. The van der Waals surface area contributed by atoms with Crippen molar-refractivity contribution in [2.24, 2.45) is 0 Å². The largest absolute Gasteiger partial charge is 0.322 e. The maximum absolute atomic E-state index is 12.3. The normalized spacial score (nSPS) is 10.2. The summed E-state index contributed by atoms with van der Waals surface area (Å²) in [4.78, 5) is 28.4. The molecule has 0 aliphatic carbocycles. The van der Waals surface area contributed by atoms with Crippen LogP contribution in [0.5, 0.6) is 0 Å². The van der Waals surface area contributed by atoms with Crippen molar-refractivity contribution in [1.29, 1.82) is 0 Å². The fourth-order valence-electron chi connectivity index (χ4n) is 2.00. The van der Waals surface area contributed by atoms with Gasteiger partial charge in [0.1, 0.15) is 0 Å². The zero-order valence-corrected chi connectivity index (χ0v) is 15.3. The number of aromatic nitrogens is 1. The van der Waals surface area contributed by atoms with E-state index in [0.29, 0.717) is 21.9 Å². The average Bonchev–Trinajstić information content (AvgIpc) is 3.08. The molecular weight excluding hydrogens is 437 g/mol. The standard InChI is InChI=1S/C17H12IN3O2S/c18-14-4-2-1-3-13(14)16(23)20-12-7-5-11(6-8-12)15(22)21-17-19-9-10-24-17/h1-10H,(H,20,23)(H,19,21,22). The van der Waals surface area contributed by atoms with Gasteiger partial charge in [-0.05, 0) is 59.0 Å². The van der Waals surface area contributed by atoms with Crippen molar-refractivity contribution in [3.05, 3.63) is 74.8 Å². The van der Waals surface area contributed by atoms with E-state index in [1.165, 1.54) is 11.3 Å². The molecule has 1 heterocycles. The molecule has 0 spiro atoms. The molecule has 0 aliphatic rings. The van der Waals surface area contributed by atoms with Gasteiger partial charge in [-0.3, -0.25) is 14.9 Å². The molecule has 0 unspecified atom stereocenters. The smallest absolute Gasteiger partial charge is 0.257 e. The number of amides is 2. The Hall–Kier alpha value is -2.26. The number of rotatable bonds is 4. The molecule has 5 nitrogen and oxygen atoms in total. The van der Waals surface area contributed by atoms with E-state index in [-0.39, 0.29) is 11.8 Å². The molecule has 0 saturated carbocycles. The van der Waals surface area contributed by atoms with Crippen LogP contribution >= 0.6 is 33.9 Å². The first kappa shape index (κ1) is 16.6. The Morgan fingerprint density at radius 1 is 0.958 bits per heavy atom. The molecule has 0 fully saturated rings. The molecular formula is C17H12IN3O2S. The monoisotopic (exact) mass is 449 g/mol. The summed E-state index contributed by atoms with van der Waals surface area (Å²) in [6, 6.07) is 14.1. The van der Waals surface area contributed by atoms with Crippen LogP contribution in [0.1, 0.15) is 20.7 Å². The van der Waals surface area contributed by atoms with Crippen molar-refractivity contribution in [2.75, 3.05) is 10.6 Å². The highest BCUT2D eigenvalue weighted by Crippen LogP contribution is 2.17. The van der Waals surface area contributed by atoms with E-state index in [9.17, 15) is 9.59 Å². The lowest BCUT2D eigenvalue weighted by atomic mass is 10.1. The second-order valence-electron chi connectivity index (χ2n) is 4.80. The number of nitrogens with one attached hydrogen (secondary N) is 2. The van der Waals surface area contributed by atoms with E-state index >= 15 is 0 Å². The molecule has 3 rings (SSSR count). The molecule has 3 aromatic rings. The van der Waals surface area contributed by atoms with Gasteiger partial charge in [0, 0.05) is 26.4 Å². The third-order valence-corrected chi connectivity index (χ3v) is 4.81. The highest BCUT2D eigenvalue weighted by atomic mass is 127. The summed E-state index contributed by atoms with van der Waals surface area (Å²) in [6.07, 6.45) is 1.63. The van der Waals surface area contributed by atoms with Crippen molar-refractivity contribution in [3.8, 4) is 0 Å². The van der Waals surface area contributed by atoms with Crippen LogP contribution in [0.4, 0.5) is 10.8 Å². The zero-order valence-electron chi connectivity index (χ0n) is 12.3. The Balaban J connectivity index is 1.67. The second-order valence-corrected chi connectivity index (χ2v) is 6.86. The van der Waals surface area contributed by atoms with Crippen LogP contribution in [0.15, 0.2) is 60.1 Å². The minimum atomic E-state index is -0.236. The Labute approximate surface area is 156 Å². The van der Waals surface area contributed by atoms with Gasteiger partial charge in [0.25, 0.3) is 11.8 Å². The zero-order chi connectivity index (χ0) is 16.9. The van der Waals surface area contributed by atoms with Gasteiger partial charge < -0.3 is 5.32 Å². The first-order valence-corrected chi connectivity index (χ1v) is 8.96. The first-order chi connectivity index (χ1) is 11.6. The summed E-state index contributed by atoms with van der Waals surface area (Å²) in [5, 5.41) is 7.88. The summed E-state index contributed by atoms with van der Waals surface area (Å²) in [6.45, 7) is 0. The van der Waals surface area contributed by atoms with Crippen LogP contribution < -0.4 is 10.6 Å². The van der Waals surface area contributed by atoms with E-state index in [1.807, 2.05) is 18.2 Å². The lowest BCUT2D eigenvalue weighted by Crippen LogP contribution is -2.14. The molecule has 0 radical (unpaired) electrons. The summed E-state index contributed by atoms with van der Waals surface area (Å²) in [5.74, 6) is -0.416.